The van der Waals surface area contributed by atoms with Gasteiger partial charge in [-0.25, -0.2) is 8.42 Å². The minimum atomic E-state index is -3.60. The third kappa shape index (κ3) is 4.22. The summed E-state index contributed by atoms with van der Waals surface area (Å²) in [4.78, 5) is 16.5. The second kappa shape index (κ2) is 7.45. The number of thioether (sulfide) groups is 1. The van der Waals surface area contributed by atoms with Gasteiger partial charge in [0.1, 0.15) is 0 Å². The number of ether oxygens (including phenoxy) is 1. The van der Waals surface area contributed by atoms with E-state index in [-0.39, 0.29) is 23.0 Å². The number of morpholine rings is 1. The van der Waals surface area contributed by atoms with Crippen molar-refractivity contribution in [3.05, 3.63) is 29.8 Å². The molecule has 7 nitrogen and oxygen atoms in total. The van der Waals surface area contributed by atoms with Crippen molar-refractivity contribution in [2.45, 2.75) is 31.0 Å². The lowest BCUT2D eigenvalue weighted by Crippen LogP contribution is -2.48. The molecule has 2 aliphatic heterocycles. The van der Waals surface area contributed by atoms with Crippen LogP contribution in [0.4, 0.5) is 0 Å². The van der Waals surface area contributed by atoms with E-state index in [4.69, 9.17) is 4.74 Å². The van der Waals surface area contributed by atoms with E-state index in [1.165, 1.54) is 40.3 Å². The van der Waals surface area contributed by atoms with E-state index in [1.54, 1.807) is 0 Å². The van der Waals surface area contributed by atoms with Crippen LogP contribution in [0.3, 0.4) is 0 Å². The lowest BCUT2D eigenvalue weighted by atomic mass is 10.2. The molecule has 0 unspecified atom stereocenters. The summed E-state index contributed by atoms with van der Waals surface area (Å²) in [5, 5.41) is 3.34. The minimum Gasteiger partial charge on any atom is -0.373 e. The molecule has 2 heterocycles. The number of sulfonamides is 1. The van der Waals surface area contributed by atoms with Gasteiger partial charge < -0.3 is 10.1 Å². The van der Waals surface area contributed by atoms with Gasteiger partial charge in [0.25, 0.3) is 5.91 Å². The first-order valence-electron chi connectivity index (χ1n) is 8.10. The summed E-state index contributed by atoms with van der Waals surface area (Å²) in [7, 11) is -3.60. The second-order valence-electron chi connectivity index (χ2n) is 6.09. The number of hydrogen-bond donors (Lipinski definition) is 1. The molecule has 0 aliphatic carbocycles. The maximum Gasteiger partial charge on any atom is 0.257 e. The predicted molar refractivity (Wildman–Crippen MR) is 97.4 cm³/mol. The Hall–Kier alpha value is -1.42. The van der Waals surface area contributed by atoms with Gasteiger partial charge in [-0.05, 0) is 38.1 Å². The molecule has 1 amide bonds. The molecule has 0 saturated carbocycles. The number of nitrogens with zero attached hydrogens (tertiary/aromatic N) is 2. The molecule has 1 saturated heterocycles. The highest BCUT2D eigenvalue weighted by Gasteiger charge is 2.32. The molecule has 9 heteroatoms. The van der Waals surface area contributed by atoms with Gasteiger partial charge >= 0.3 is 0 Å². The molecule has 1 aromatic rings. The molecular weight excluding hydrogens is 362 g/mol. The Labute approximate surface area is 151 Å². The van der Waals surface area contributed by atoms with Crippen LogP contribution >= 0.6 is 11.8 Å². The average molecular weight is 383 g/mol. The Morgan fingerprint density at radius 2 is 1.88 bits per heavy atom. The van der Waals surface area contributed by atoms with E-state index < -0.39 is 10.0 Å². The van der Waals surface area contributed by atoms with E-state index in [0.29, 0.717) is 30.4 Å². The number of carbonyl (C=O) groups is 1. The molecule has 1 N–H and O–H groups in total. The SMILES string of the molecule is C[C@@H]1CN(S(=O)(=O)c2ccc(C(=O)NC3=NCCS3)cc2)C[C@H](C)O1. The first-order valence-corrected chi connectivity index (χ1v) is 10.5. The van der Waals surface area contributed by atoms with Crippen LogP contribution in [-0.4, -0.2) is 61.4 Å². The maximum atomic E-state index is 12.8. The molecular formula is C16H21N3O4S2. The summed E-state index contributed by atoms with van der Waals surface area (Å²) >= 11 is 1.50. The molecule has 25 heavy (non-hydrogen) atoms. The van der Waals surface area contributed by atoms with Gasteiger partial charge in [0.15, 0.2) is 5.17 Å². The monoisotopic (exact) mass is 383 g/mol. The van der Waals surface area contributed by atoms with Crippen LogP contribution in [-0.2, 0) is 14.8 Å². The number of aliphatic imine (C=N–C) groups is 1. The van der Waals surface area contributed by atoms with Crippen LogP contribution < -0.4 is 5.32 Å². The predicted octanol–water partition coefficient (Wildman–Crippen LogP) is 1.32. The zero-order chi connectivity index (χ0) is 18.0. The second-order valence-corrected chi connectivity index (χ2v) is 9.11. The van der Waals surface area contributed by atoms with Gasteiger partial charge in [-0.15, -0.1) is 0 Å². The van der Waals surface area contributed by atoms with Crippen molar-refractivity contribution in [1.82, 2.24) is 9.62 Å². The number of rotatable bonds is 3. The molecule has 1 aromatic carbocycles. The van der Waals surface area contributed by atoms with Gasteiger partial charge in [-0.1, -0.05) is 11.8 Å². The molecule has 0 spiro atoms. The summed E-state index contributed by atoms with van der Waals surface area (Å²) in [5.41, 5.74) is 0.401. The van der Waals surface area contributed by atoms with Crippen LogP contribution in [0.5, 0.6) is 0 Å². The summed E-state index contributed by atoms with van der Waals surface area (Å²) in [6.07, 6.45) is -0.290. The lowest BCUT2D eigenvalue weighted by Gasteiger charge is -2.34. The van der Waals surface area contributed by atoms with E-state index in [1.807, 2.05) is 13.8 Å². The number of hydrogen-bond acceptors (Lipinski definition) is 6. The Morgan fingerprint density at radius 1 is 1.24 bits per heavy atom. The van der Waals surface area contributed by atoms with E-state index in [2.05, 4.69) is 10.3 Å². The van der Waals surface area contributed by atoms with Crippen molar-refractivity contribution in [1.29, 1.82) is 0 Å². The molecule has 2 atom stereocenters. The normalized spacial score (nSPS) is 24.8. The summed E-state index contributed by atoms with van der Waals surface area (Å²) in [6.45, 7) is 5.07. The molecule has 0 bridgehead atoms. The Bertz CT molecular complexity index is 767. The number of amides is 1. The molecule has 3 rings (SSSR count). The zero-order valence-corrected chi connectivity index (χ0v) is 15.8. The Kier molecular flexibility index (Phi) is 5.47. The first kappa shape index (κ1) is 18.4. The molecule has 136 valence electrons. The van der Waals surface area contributed by atoms with E-state index in [9.17, 15) is 13.2 Å². The highest BCUT2D eigenvalue weighted by atomic mass is 32.2. The van der Waals surface area contributed by atoms with Gasteiger partial charge in [0.05, 0.1) is 23.6 Å². The van der Waals surface area contributed by atoms with Crippen LogP contribution in [0.15, 0.2) is 34.2 Å². The van der Waals surface area contributed by atoms with Gasteiger partial charge in [-0.2, -0.15) is 4.31 Å². The van der Waals surface area contributed by atoms with Crippen LogP contribution in [0.1, 0.15) is 24.2 Å². The van der Waals surface area contributed by atoms with Gasteiger partial charge in [0.2, 0.25) is 10.0 Å². The first-order chi connectivity index (χ1) is 11.9. The highest BCUT2D eigenvalue weighted by molar-refractivity contribution is 8.14. The van der Waals surface area contributed by atoms with Crippen LogP contribution in [0, 0.1) is 0 Å². The summed E-state index contributed by atoms with van der Waals surface area (Å²) in [5.74, 6) is 0.578. The fraction of sp³-hybridized carbons (Fsp3) is 0.500. The zero-order valence-electron chi connectivity index (χ0n) is 14.1. The third-order valence-electron chi connectivity index (χ3n) is 3.95. The number of amidine groups is 1. The largest absolute Gasteiger partial charge is 0.373 e. The lowest BCUT2D eigenvalue weighted by molar-refractivity contribution is -0.0440. The van der Waals surface area contributed by atoms with Crippen molar-refractivity contribution < 1.29 is 17.9 Å². The van der Waals surface area contributed by atoms with Crippen LogP contribution in [0.25, 0.3) is 0 Å². The van der Waals surface area contributed by atoms with Crippen molar-refractivity contribution in [2.75, 3.05) is 25.4 Å². The van der Waals surface area contributed by atoms with Gasteiger partial charge in [-0.3, -0.25) is 9.79 Å². The Balaban J connectivity index is 1.73. The topological polar surface area (TPSA) is 88.1 Å². The molecule has 0 aromatic heterocycles. The van der Waals surface area contributed by atoms with Gasteiger partial charge in [0, 0.05) is 24.4 Å². The maximum absolute atomic E-state index is 12.8. The van der Waals surface area contributed by atoms with Crippen LogP contribution in [0.2, 0.25) is 0 Å². The minimum absolute atomic E-state index is 0.145. The smallest absolute Gasteiger partial charge is 0.257 e. The fourth-order valence-electron chi connectivity index (χ4n) is 2.83. The number of nitrogens with one attached hydrogen (secondary N) is 1. The number of carbonyl (C=O) groups excluding carboxylic acids is 1. The quantitative estimate of drug-likeness (QED) is 0.850. The van der Waals surface area contributed by atoms with Crippen molar-refractivity contribution >= 4 is 32.9 Å². The summed E-state index contributed by atoms with van der Waals surface area (Å²) in [6, 6.07) is 5.99. The molecule has 1 fully saturated rings. The number of benzene rings is 1. The Morgan fingerprint density at radius 3 is 2.44 bits per heavy atom. The summed E-state index contributed by atoms with van der Waals surface area (Å²) < 4.78 is 32.6. The van der Waals surface area contributed by atoms with Crippen molar-refractivity contribution in [2.24, 2.45) is 4.99 Å². The average Bonchev–Trinajstić information content (AvgIpc) is 3.07. The van der Waals surface area contributed by atoms with E-state index in [0.717, 1.165) is 5.75 Å². The van der Waals surface area contributed by atoms with Crippen molar-refractivity contribution in [3.8, 4) is 0 Å². The molecule has 2 aliphatic rings. The highest BCUT2D eigenvalue weighted by Crippen LogP contribution is 2.21. The standard InChI is InChI=1S/C16H21N3O4S2/c1-11-9-19(10-12(2)23-11)25(21,22)14-5-3-13(4-6-14)15(20)18-16-17-7-8-24-16/h3-6,11-12H,7-10H2,1-2H3,(H,17,18,20)/t11-,12+. The third-order valence-corrected chi connectivity index (χ3v) is 6.68. The van der Waals surface area contributed by atoms with Crippen molar-refractivity contribution in [3.63, 3.8) is 0 Å². The molecule has 0 radical (unpaired) electrons. The fourth-order valence-corrected chi connectivity index (χ4v) is 5.15. The van der Waals surface area contributed by atoms with E-state index >= 15 is 0 Å².